The summed E-state index contributed by atoms with van der Waals surface area (Å²) in [6, 6.07) is 20.6. The summed E-state index contributed by atoms with van der Waals surface area (Å²) in [4.78, 5) is 11.4. The van der Waals surface area contributed by atoms with Gasteiger partial charge in [-0.1, -0.05) is 60.7 Å². The molecule has 0 saturated carbocycles. The monoisotopic (exact) mass is 414 g/mol. The average Bonchev–Trinajstić information content (AvgIpc) is 2.69. The third kappa shape index (κ3) is 3.76. The highest BCUT2D eigenvalue weighted by Gasteiger charge is 2.41. The van der Waals surface area contributed by atoms with E-state index in [-0.39, 0.29) is 21.1 Å². The number of hydrogen-bond donors (Lipinski definition) is 0. The van der Waals surface area contributed by atoms with Crippen LogP contribution in [-0.4, -0.2) is 22.6 Å². The molecule has 0 saturated heterocycles. The lowest BCUT2D eigenvalue weighted by Crippen LogP contribution is -2.23. The van der Waals surface area contributed by atoms with E-state index < -0.39 is 24.3 Å². The van der Waals surface area contributed by atoms with Crippen LogP contribution < -0.4 is 0 Å². The second kappa shape index (κ2) is 7.69. The van der Waals surface area contributed by atoms with Crippen LogP contribution >= 0.6 is 0 Å². The fraction of sp³-hybridized carbons (Fsp3) is 0.0952. The third-order valence-corrected chi connectivity index (χ3v) is 9.35. The fourth-order valence-electron chi connectivity index (χ4n) is 2.87. The molecule has 0 bridgehead atoms. The summed E-state index contributed by atoms with van der Waals surface area (Å²) >= 11 is 0. The van der Waals surface area contributed by atoms with Gasteiger partial charge in [-0.25, -0.2) is 16.8 Å². The van der Waals surface area contributed by atoms with Gasteiger partial charge < -0.3 is 0 Å². The Kier molecular flexibility index (Phi) is 5.49. The van der Waals surface area contributed by atoms with Gasteiger partial charge in [-0.3, -0.25) is 4.79 Å². The number of carbonyl (C=O) groups is 1. The maximum atomic E-state index is 13.3. The van der Waals surface area contributed by atoms with E-state index in [0.717, 1.165) is 0 Å². The van der Waals surface area contributed by atoms with Crippen molar-refractivity contribution < 1.29 is 21.6 Å². The van der Waals surface area contributed by atoms with Crippen molar-refractivity contribution in [2.45, 2.75) is 21.3 Å². The second-order valence-corrected chi connectivity index (χ2v) is 10.6. The van der Waals surface area contributed by atoms with E-state index in [1.807, 2.05) is 0 Å². The van der Waals surface area contributed by atoms with Crippen molar-refractivity contribution in [3.63, 3.8) is 0 Å². The zero-order chi connectivity index (χ0) is 20.4. The van der Waals surface area contributed by atoms with Crippen LogP contribution in [0.1, 0.15) is 27.4 Å². The predicted molar refractivity (Wildman–Crippen MR) is 106 cm³/mol. The molecule has 144 valence electrons. The molecule has 0 aliphatic carbocycles. The normalized spacial score (nSPS) is 12.1. The molecule has 3 aromatic carbocycles. The molecule has 0 unspecified atom stereocenters. The Morgan fingerprint density at radius 1 is 0.643 bits per heavy atom. The van der Waals surface area contributed by atoms with Crippen LogP contribution in [0, 0.1) is 0 Å². The molecule has 0 heterocycles. The Morgan fingerprint density at radius 2 is 1.04 bits per heavy atom. The lowest BCUT2D eigenvalue weighted by molar-refractivity contribution is 0.101. The number of sulfone groups is 2. The van der Waals surface area contributed by atoms with Crippen LogP contribution in [0.3, 0.4) is 0 Å². The number of hydrogen-bond acceptors (Lipinski definition) is 5. The smallest absolute Gasteiger partial charge is 0.200 e. The quantitative estimate of drug-likeness (QED) is 0.572. The lowest BCUT2D eigenvalue weighted by atomic mass is 10.1. The highest BCUT2D eigenvalue weighted by molar-refractivity contribution is 8.08. The number of ketones is 1. The molecular weight excluding hydrogens is 396 g/mol. The summed E-state index contributed by atoms with van der Waals surface area (Å²) in [6.45, 7) is 1.38. The van der Waals surface area contributed by atoms with Crippen LogP contribution in [0.4, 0.5) is 0 Å². The summed E-state index contributed by atoms with van der Waals surface area (Å²) in [5.41, 5.74) is 0.453. The summed E-state index contributed by atoms with van der Waals surface area (Å²) < 4.78 is 51.5. The van der Waals surface area contributed by atoms with Gasteiger partial charge in [0.05, 0.1) is 9.79 Å². The fourth-order valence-corrected chi connectivity index (χ4v) is 7.47. The lowest BCUT2D eigenvalue weighted by Gasteiger charge is -2.19. The van der Waals surface area contributed by atoms with E-state index in [0.29, 0.717) is 5.56 Å². The second-order valence-electron chi connectivity index (χ2n) is 6.23. The van der Waals surface area contributed by atoms with Crippen molar-refractivity contribution in [3.8, 4) is 0 Å². The Labute approximate surface area is 164 Å². The zero-order valence-electron chi connectivity index (χ0n) is 15.0. The maximum absolute atomic E-state index is 13.3. The Hall–Kier alpha value is -2.77. The van der Waals surface area contributed by atoms with Gasteiger partial charge in [0.15, 0.2) is 30.0 Å². The molecule has 0 atom stereocenters. The number of carbonyl (C=O) groups excluding carboxylic acids is 1. The molecule has 3 rings (SSSR count). The molecule has 3 aromatic rings. The summed E-state index contributed by atoms with van der Waals surface area (Å²) in [7, 11) is -8.53. The first-order chi connectivity index (χ1) is 13.2. The summed E-state index contributed by atoms with van der Waals surface area (Å²) in [6.07, 6.45) is 0. The number of Topliss-reactive ketones (excluding diaryl/α,β-unsaturated/α-hetero) is 1. The molecule has 0 aliphatic heterocycles. The van der Waals surface area contributed by atoms with Gasteiger partial charge in [-0.15, -0.1) is 0 Å². The predicted octanol–water partition coefficient (Wildman–Crippen LogP) is 3.84. The molecule has 0 amide bonds. The maximum Gasteiger partial charge on any atom is 0.200 e. The topological polar surface area (TPSA) is 85.3 Å². The van der Waals surface area contributed by atoms with Crippen LogP contribution in [-0.2, 0) is 19.7 Å². The van der Waals surface area contributed by atoms with Crippen molar-refractivity contribution in [2.24, 2.45) is 0 Å². The van der Waals surface area contributed by atoms with Crippen molar-refractivity contribution in [2.75, 3.05) is 0 Å². The van der Waals surface area contributed by atoms with Crippen LogP contribution in [0.15, 0.2) is 94.7 Å². The van der Waals surface area contributed by atoms with E-state index in [9.17, 15) is 21.6 Å². The van der Waals surface area contributed by atoms with E-state index >= 15 is 0 Å². The minimum absolute atomic E-state index is 0.0812. The molecule has 28 heavy (non-hydrogen) atoms. The van der Waals surface area contributed by atoms with Gasteiger partial charge in [0.1, 0.15) is 0 Å². The highest BCUT2D eigenvalue weighted by atomic mass is 32.3. The largest absolute Gasteiger partial charge is 0.295 e. The molecule has 7 heteroatoms. The van der Waals surface area contributed by atoms with Gasteiger partial charge in [0.2, 0.25) is 0 Å². The summed E-state index contributed by atoms with van der Waals surface area (Å²) in [5, 5.41) is 0. The van der Waals surface area contributed by atoms with E-state index in [4.69, 9.17) is 0 Å². The van der Waals surface area contributed by atoms with Crippen molar-refractivity contribution in [1.29, 1.82) is 0 Å². The highest BCUT2D eigenvalue weighted by Crippen LogP contribution is 2.37. The Bertz CT molecular complexity index is 1110. The van der Waals surface area contributed by atoms with E-state index in [1.165, 1.54) is 79.7 Å². The van der Waals surface area contributed by atoms with Crippen molar-refractivity contribution >= 4 is 25.5 Å². The van der Waals surface area contributed by atoms with Gasteiger partial charge in [-0.05, 0) is 36.8 Å². The minimum Gasteiger partial charge on any atom is -0.295 e. The average molecular weight is 415 g/mol. The van der Waals surface area contributed by atoms with Gasteiger partial charge in [-0.2, -0.15) is 0 Å². The minimum atomic E-state index is -4.27. The first-order valence-corrected chi connectivity index (χ1v) is 11.5. The van der Waals surface area contributed by atoms with E-state index in [2.05, 4.69) is 0 Å². The van der Waals surface area contributed by atoms with Gasteiger partial charge in [0, 0.05) is 5.56 Å². The molecule has 0 fully saturated rings. The standard InChI is InChI=1S/C21H18O5S2/c1-16(22)17-12-14-18(15-13-17)21(27(23,24)19-8-4-2-5-9-19)28(25,26)20-10-6-3-7-11-20/h2-15,21H,1H3. The van der Waals surface area contributed by atoms with Crippen molar-refractivity contribution in [3.05, 3.63) is 96.1 Å². The molecule has 0 radical (unpaired) electrons. The van der Waals surface area contributed by atoms with Gasteiger partial charge >= 0.3 is 0 Å². The first kappa shape index (κ1) is 20.0. The molecule has 0 aliphatic rings. The first-order valence-electron chi connectivity index (χ1n) is 8.43. The van der Waals surface area contributed by atoms with E-state index in [1.54, 1.807) is 12.1 Å². The van der Waals surface area contributed by atoms with Crippen LogP contribution in [0.2, 0.25) is 0 Å². The number of rotatable bonds is 6. The van der Waals surface area contributed by atoms with Gasteiger partial charge in [0.25, 0.3) is 0 Å². The van der Waals surface area contributed by atoms with Crippen LogP contribution in [0.25, 0.3) is 0 Å². The Morgan fingerprint density at radius 3 is 1.39 bits per heavy atom. The third-order valence-electron chi connectivity index (χ3n) is 4.30. The van der Waals surface area contributed by atoms with Crippen LogP contribution in [0.5, 0.6) is 0 Å². The zero-order valence-corrected chi connectivity index (χ0v) is 16.7. The molecule has 0 aromatic heterocycles. The Balaban J connectivity index is 2.24. The molecule has 0 N–H and O–H groups in total. The van der Waals surface area contributed by atoms with Crippen molar-refractivity contribution in [1.82, 2.24) is 0 Å². The number of benzene rings is 3. The molecule has 0 spiro atoms. The summed E-state index contributed by atoms with van der Waals surface area (Å²) in [5.74, 6) is -0.195. The SMILES string of the molecule is CC(=O)c1ccc(C(S(=O)(=O)c2ccccc2)S(=O)(=O)c2ccccc2)cc1. The molecular formula is C21H18O5S2. The molecule has 5 nitrogen and oxygen atoms in total.